The molecule has 108 valence electrons. The van der Waals surface area contributed by atoms with E-state index < -0.39 is 0 Å². The number of benzene rings is 2. The molecule has 4 nitrogen and oxygen atoms in total. The summed E-state index contributed by atoms with van der Waals surface area (Å²) in [6.45, 7) is 2.09. The summed E-state index contributed by atoms with van der Waals surface area (Å²) in [6.07, 6.45) is 2.01. The van der Waals surface area contributed by atoms with Crippen molar-refractivity contribution in [3.8, 4) is 22.6 Å². The van der Waals surface area contributed by atoms with Crippen molar-refractivity contribution in [2.45, 2.75) is 6.92 Å². The van der Waals surface area contributed by atoms with Gasteiger partial charge in [0, 0.05) is 18.8 Å². The average Bonchev–Trinajstić information content (AvgIpc) is 3.12. The molecule has 0 radical (unpaired) electrons. The number of hydrogen-bond acceptors (Lipinski definition) is 2. The van der Waals surface area contributed by atoms with Gasteiger partial charge in [-0.05, 0) is 18.6 Å². The Bertz CT molecular complexity index is 948. The predicted molar refractivity (Wildman–Crippen MR) is 88.5 cm³/mol. The van der Waals surface area contributed by atoms with Crippen LogP contribution >= 0.6 is 0 Å². The third kappa shape index (κ3) is 2.00. The highest BCUT2D eigenvalue weighted by Crippen LogP contribution is 2.30. The molecule has 4 heteroatoms. The summed E-state index contributed by atoms with van der Waals surface area (Å²) < 4.78 is 1.83. The van der Waals surface area contributed by atoms with Crippen molar-refractivity contribution in [1.29, 1.82) is 0 Å². The number of hydrogen-bond donors (Lipinski definition) is 1. The number of aromatic amines is 1. The number of nitrogens with zero attached hydrogens (tertiary/aromatic N) is 3. The van der Waals surface area contributed by atoms with Gasteiger partial charge in [0.25, 0.3) is 0 Å². The number of aryl methyl sites for hydroxylation is 2. The lowest BCUT2D eigenvalue weighted by atomic mass is 10.1. The van der Waals surface area contributed by atoms with Gasteiger partial charge in [0.1, 0.15) is 11.5 Å². The van der Waals surface area contributed by atoms with E-state index in [1.165, 1.54) is 5.56 Å². The Morgan fingerprint density at radius 2 is 1.82 bits per heavy atom. The van der Waals surface area contributed by atoms with Crippen LogP contribution < -0.4 is 0 Å². The van der Waals surface area contributed by atoms with Crippen molar-refractivity contribution in [3.63, 3.8) is 0 Å². The van der Waals surface area contributed by atoms with Crippen LogP contribution in [0.15, 0.2) is 54.7 Å². The zero-order valence-electron chi connectivity index (χ0n) is 12.5. The summed E-state index contributed by atoms with van der Waals surface area (Å²) in [5, 5.41) is 4.61. The Kier molecular flexibility index (Phi) is 2.82. The Balaban J connectivity index is 1.94. The van der Waals surface area contributed by atoms with E-state index in [0.29, 0.717) is 0 Å². The van der Waals surface area contributed by atoms with Gasteiger partial charge in [0.05, 0.1) is 16.6 Å². The third-order valence-corrected chi connectivity index (χ3v) is 3.86. The van der Waals surface area contributed by atoms with E-state index in [4.69, 9.17) is 4.98 Å². The number of aromatic nitrogens is 4. The molecular formula is C18H16N4. The maximum absolute atomic E-state index is 4.73. The van der Waals surface area contributed by atoms with E-state index >= 15 is 0 Å². The first kappa shape index (κ1) is 12.8. The lowest BCUT2D eigenvalue weighted by Crippen LogP contribution is -1.87. The fourth-order valence-electron chi connectivity index (χ4n) is 2.77. The largest absolute Gasteiger partial charge is 0.338 e. The molecule has 0 bridgehead atoms. The van der Waals surface area contributed by atoms with Crippen LogP contribution in [0.2, 0.25) is 0 Å². The van der Waals surface area contributed by atoms with Gasteiger partial charge in [-0.15, -0.1) is 0 Å². The Labute approximate surface area is 128 Å². The van der Waals surface area contributed by atoms with Crippen molar-refractivity contribution in [3.05, 3.63) is 60.3 Å². The first-order chi connectivity index (χ1) is 10.7. The molecule has 2 aromatic carbocycles. The summed E-state index contributed by atoms with van der Waals surface area (Å²) in [5.41, 5.74) is 6.32. The van der Waals surface area contributed by atoms with Crippen molar-refractivity contribution in [2.75, 3.05) is 0 Å². The third-order valence-electron chi connectivity index (χ3n) is 3.86. The molecule has 4 rings (SSSR count). The van der Waals surface area contributed by atoms with Crippen LogP contribution in [0, 0.1) is 6.92 Å². The van der Waals surface area contributed by atoms with Crippen LogP contribution in [-0.4, -0.2) is 19.7 Å². The highest BCUT2D eigenvalue weighted by atomic mass is 15.3. The summed E-state index contributed by atoms with van der Waals surface area (Å²) in [7, 11) is 1.93. The van der Waals surface area contributed by atoms with Gasteiger partial charge in [0.2, 0.25) is 0 Å². The van der Waals surface area contributed by atoms with Crippen LogP contribution in [0.3, 0.4) is 0 Å². The van der Waals surface area contributed by atoms with Gasteiger partial charge >= 0.3 is 0 Å². The lowest BCUT2D eigenvalue weighted by Gasteiger charge is -1.99. The number of nitrogens with one attached hydrogen (secondary N) is 1. The lowest BCUT2D eigenvalue weighted by molar-refractivity contribution is 0.771. The number of fused-ring (bicyclic) bond motifs is 1. The Hall–Kier alpha value is -2.88. The highest BCUT2D eigenvalue weighted by molar-refractivity contribution is 5.85. The first-order valence-electron chi connectivity index (χ1n) is 7.27. The number of para-hydroxylation sites is 1. The fourth-order valence-corrected chi connectivity index (χ4v) is 2.77. The minimum Gasteiger partial charge on any atom is -0.338 e. The summed E-state index contributed by atoms with van der Waals surface area (Å²) in [6, 6.07) is 16.3. The molecule has 1 N–H and O–H groups in total. The second-order valence-corrected chi connectivity index (χ2v) is 5.49. The summed E-state index contributed by atoms with van der Waals surface area (Å²) in [4.78, 5) is 8.17. The maximum Gasteiger partial charge on any atom is 0.142 e. The molecule has 0 saturated carbocycles. The number of H-pyrrole nitrogens is 1. The van der Waals surface area contributed by atoms with Crippen molar-refractivity contribution >= 4 is 11.0 Å². The molecule has 0 unspecified atom stereocenters. The van der Waals surface area contributed by atoms with Gasteiger partial charge in [0.15, 0.2) is 0 Å². The molecule has 0 fully saturated rings. The minimum atomic E-state index is 0.858. The average molecular weight is 288 g/mol. The van der Waals surface area contributed by atoms with E-state index in [0.717, 1.165) is 33.7 Å². The zero-order valence-corrected chi connectivity index (χ0v) is 12.5. The molecule has 4 aromatic rings. The normalized spacial score (nSPS) is 11.2. The Morgan fingerprint density at radius 3 is 2.59 bits per heavy atom. The van der Waals surface area contributed by atoms with Gasteiger partial charge < -0.3 is 4.98 Å². The molecule has 0 spiro atoms. The van der Waals surface area contributed by atoms with Crippen LogP contribution in [-0.2, 0) is 7.05 Å². The van der Waals surface area contributed by atoms with Crippen LogP contribution in [0.25, 0.3) is 33.7 Å². The second-order valence-electron chi connectivity index (χ2n) is 5.49. The van der Waals surface area contributed by atoms with E-state index in [-0.39, 0.29) is 0 Å². The molecule has 0 atom stereocenters. The summed E-state index contributed by atoms with van der Waals surface area (Å²) in [5.74, 6) is 0.858. The molecule has 2 aromatic heterocycles. The van der Waals surface area contributed by atoms with E-state index in [1.54, 1.807) is 0 Å². The van der Waals surface area contributed by atoms with Gasteiger partial charge in [-0.1, -0.05) is 42.5 Å². The molecule has 0 aliphatic rings. The first-order valence-corrected chi connectivity index (χ1v) is 7.27. The van der Waals surface area contributed by atoms with Crippen LogP contribution in [0.5, 0.6) is 0 Å². The van der Waals surface area contributed by atoms with Gasteiger partial charge in [-0.25, -0.2) is 4.98 Å². The predicted octanol–water partition coefficient (Wildman–Crippen LogP) is 3.94. The van der Waals surface area contributed by atoms with E-state index in [2.05, 4.69) is 35.2 Å². The zero-order chi connectivity index (χ0) is 15.1. The fraction of sp³-hybridized carbons (Fsp3) is 0.111. The molecule has 0 amide bonds. The molecule has 0 saturated heterocycles. The molecule has 0 aliphatic heterocycles. The molecule has 0 aliphatic carbocycles. The van der Waals surface area contributed by atoms with E-state index in [1.807, 2.05) is 48.3 Å². The minimum absolute atomic E-state index is 0.858. The van der Waals surface area contributed by atoms with Crippen LogP contribution in [0.4, 0.5) is 0 Å². The topological polar surface area (TPSA) is 46.5 Å². The second kappa shape index (κ2) is 4.84. The van der Waals surface area contributed by atoms with Crippen molar-refractivity contribution < 1.29 is 0 Å². The van der Waals surface area contributed by atoms with Crippen LogP contribution in [0.1, 0.15) is 5.56 Å². The van der Waals surface area contributed by atoms with Gasteiger partial charge in [-0.3, -0.25) is 4.68 Å². The molecule has 22 heavy (non-hydrogen) atoms. The SMILES string of the molecule is Cc1cccc2nc(-c3cn(C)nc3-c3ccccc3)[nH]c12. The maximum atomic E-state index is 4.73. The quantitative estimate of drug-likeness (QED) is 0.607. The summed E-state index contributed by atoms with van der Waals surface area (Å²) >= 11 is 0. The number of rotatable bonds is 2. The number of imidazole rings is 1. The molecular weight excluding hydrogens is 272 g/mol. The van der Waals surface area contributed by atoms with Crippen molar-refractivity contribution in [1.82, 2.24) is 19.7 Å². The highest BCUT2D eigenvalue weighted by Gasteiger charge is 2.15. The smallest absolute Gasteiger partial charge is 0.142 e. The Morgan fingerprint density at radius 1 is 1.00 bits per heavy atom. The standard InChI is InChI=1S/C18H16N4/c1-12-7-6-10-15-16(12)20-18(19-15)14-11-22(2)21-17(14)13-8-4-3-5-9-13/h3-11H,1-2H3,(H,19,20). The van der Waals surface area contributed by atoms with Crippen molar-refractivity contribution in [2.24, 2.45) is 7.05 Å². The van der Waals surface area contributed by atoms with E-state index in [9.17, 15) is 0 Å². The van der Waals surface area contributed by atoms with Gasteiger partial charge in [-0.2, -0.15) is 5.10 Å². The monoisotopic (exact) mass is 288 g/mol. The molecule has 2 heterocycles.